The molecule has 5 rings (SSSR count). The van der Waals surface area contributed by atoms with Crippen molar-refractivity contribution in [3.63, 3.8) is 0 Å². The number of para-hydroxylation sites is 1. The summed E-state index contributed by atoms with van der Waals surface area (Å²) < 4.78 is 13.9. The van der Waals surface area contributed by atoms with Gasteiger partial charge in [-0.05, 0) is 44.2 Å². The Morgan fingerprint density at radius 3 is 2.55 bits per heavy atom. The molecule has 0 unspecified atom stereocenters. The minimum Gasteiger partial charge on any atom is -0.345 e. The second kappa shape index (κ2) is 8.57. The van der Waals surface area contributed by atoms with Crippen molar-refractivity contribution in [1.29, 1.82) is 0 Å². The fraction of sp³-hybridized carbons (Fsp3) is 0.522. The third-order valence-corrected chi connectivity index (χ3v) is 7.93. The lowest BCUT2D eigenvalue weighted by Crippen LogP contribution is -2.51. The molecule has 31 heavy (non-hydrogen) atoms. The number of carbonyl (C=O) groups is 2. The van der Waals surface area contributed by atoms with E-state index >= 15 is 0 Å². The number of piperazine rings is 1. The van der Waals surface area contributed by atoms with Gasteiger partial charge in [0.15, 0.2) is 5.13 Å². The molecule has 1 aromatic heterocycles. The molecule has 2 fully saturated rings. The lowest BCUT2D eigenvalue weighted by molar-refractivity contribution is -0.138. The van der Waals surface area contributed by atoms with Gasteiger partial charge in [-0.25, -0.2) is 9.37 Å². The second-order valence-corrected chi connectivity index (χ2v) is 9.78. The van der Waals surface area contributed by atoms with Crippen LogP contribution in [0.3, 0.4) is 0 Å². The monoisotopic (exact) mass is 442 g/mol. The fourth-order valence-corrected chi connectivity index (χ4v) is 5.79. The lowest BCUT2D eigenvalue weighted by atomic mass is 9.84. The molecule has 0 spiro atoms. The van der Waals surface area contributed by atoms with Crippen molar-refractivity contribution in [3.05, 3.63) is 40.7 Å². The molecule has 1 aromatic carbocycles. The highest BCUT2D eigenvalue weighted by Gasteiger charge is 2.33. The number of halogens is 1. The molecule has 2 heterocycles. The van der Waals surface area contributed by atoms with Crippen LogP contribution in [0.1, 0.15) is 36.3 Å². The van der Waals surface area contributed by atoms with Gasteiger partial charge in [0, 0.05) is 42.9 Å². The van der Waals surface area contributed by atoms with E-state index in [0.717, 1.165) is 67.6 Å². The highest BCUT2D eigenvalue weighted by atomic mass is 32.1. The van der Waals surface area contributed by atoms with Crippen LogP contribution < -0.4 is 10.2 Å². The molecule has 164 valence electrons. The van der Waals surface area contributed by atoms with Crippen LogP contribution in [0.4, 0.5) is 15.2 Å². The summed E-state index contributed by atoms with van der Waals surface area (Å²) in [6.45, 7) is 3.13. The molecule has 6 nitrogen and oxygen atoms in total. The van der Waals surface area contributed by atoms with Crippen LogP contribution in [-0.2, 0) is 22.4 Å². The average molecular weight is 443 g/mol. The van der Waals surface area contributed by atoms with Gasteiger partial charge in [-0.15, -0.1) is 11.3 Å². The zero-order valence-electron chi connectivity index (χ0n) is 17.5. The summed E-state index contributed by atoms with van der Waals surface area (Å²) in [4.78, 5) is 35.4. The van der Waals surface area contributed by atoms with Crippen molar-refractivity contribution in [2.24, 2.45) is 11.8 Å². The number of anilines is 2. The first-order valence-corrected chi connectivity index (χ1v) is 12.0. The standard InChI is InChI=1S/C23H27FN4O2S/c24-17-6-1-2-7-18(17)25-21(29)16-8-9-19-20(14-16)31-23(26-19)28-12-10-27(11-13-28)22(30)15-4-3-5-15/h1-2,6-7,15-16H,3-5,8-14H2,(H,25,29)/t16-/m0/s1. The first-order valence-electron chi connectivity index (χ1n) is 11.2. The Hall–Kier alpha value is -2.48. The first-order chi connectivity index (χ1) is 15.1. The Morgan fingerprint density at radius 1 is 1.06 bits per heavy atom. The van der Waals surface area contributed by atoms with E-state index in [2.05, 4.69) is 10.2 Å². The zero-order chi connectivity index (χ0) is 21.4. The Balaban J connectivity index is 1.19. The molecule has 8 heteroatoms. The number of hydrogen-bond donors (Lipinski definition) is 1. The summed E-state index contributed by atoms with van der Waals surface area (Å²) in [5.41, 5.74) is 1.32. The number of thiazole rings is 1. The number of amides is 2. The largest absolute Gasteiger partial charge is 0.345 e. The van der Waals surface area contributed by atoms with Crippen LogP contribution >= 0.6 is 11.3 Å². The summed E-state index contributed by atoms with van der Waals surface area (Å²) in [7, 11) is 0. The Kier molecular flexibility index (Phi) is 5.65. The van der Waals surface area contributed by atoms with Crippen LogP contribution in [-0.4, -0.2) is 47.9 Å². The van der Waals surface area contributed by atoms with Gasteiger partial charge in [0.1, 0.15) is 5.82 Å². The van der Waals surface area contributed by atoms with E-state index < -0.39 is 5.82 Å². The molecule has 0 bridgehead atoms. The quantitative estimate of drug-likeness (QED) is 0.788. The Morgan fingerprint density at radius 2 is 1.84 bits per heavy atom. The fourth-order valence-electron chi connectivity index (χ4n) is 4.55. The van der Waals surface area contributed by atoms with Crippen molar-refractivity contribution in [3.8, 4) is 0 Å². The van der Waals surface area contributed by atoms with E-state index in [0.29, 0.717) is 12.3 Å². The number of fused-ring (bicyclic) bond motifs is 1. The van der Waals surface area contributed by atoms with Gasteiger partial charge in [0.25, 0.3) is 0 Å². The van der Waals surface area contributed by atoms with Crippen molar-refractivity contribution in [2.45, 2.75) is 38.5 Å². The molecule has 1 saturated carbocycles. The smallest absolute Gasteiger partial charge is 0.227 e. The maximum Gasteiger partial charge on any atom is 0.227 e. The number of aromatic nitrogens is 1. The number of benzene rings is 1. The molecule has 1 saturated heterocycles. The van der Waals surface area contributed by atoms with E-state index in [1.807, 2.05) is 4.90 Å². The topological polar surface area (TPSA) is 65.5 Å². The first kappa shape index (κ1) is 20.4. The number of nitrogens with zero attached hydrogens (tertiary/aromatic N) is 3. The van der Waals surface area contributed by atoms with E-state index in [-0.39, 0.29) is 23.4 Å². The predicted molar refractivity (Wildman–Crippen MR) is 119 cm³/mol. The Labute approximate surface area is 185 Å². The molecule has 3 aliphatic rings. The van der Waals surface area contributed by atoms with E-state index in [1.165, 1.54) is 12.5 Å². The molecule has 0 radical (unpaired) electrons. The summed E-state index contributed by atoms with van der Waals surface area (Å²) in [6.07, 6.45) is 5.41. The van der Waals surface area contributed by atoms with Crippen LogP contribution in [0.15, 0.2) is 24.3 Å². The van der Waals surface area contributed by atoms with Crippen LogP contribution in [0.2, 0.25) is 0 Å². The van der Waals surface area contributed by atoms with Crippen molar-refractivity contribution in [1.82, 2.24) is 9.88 Å². The van der Waals surface area contributed by atoms with E-state index in [4.69, 9.17) is 4.98 Å². The predicted octanol–water partition coefficient (Wildman–Crippen LogP) is 3.47. The molecule has 1 N–H and O–H groups in total. The molecule has 2 amide bonds. The van der Waals surface area contributed by atoms with Crippen molar-refractivity contribution in [2.75, 3.05) is 36.4 Å². The molecule has 2 aliphatic carbocycles. The van der Waals surface area contributed by atoms with Gasteiger partial charge in [0.2, 0.25) is 11.8 Å². The third-order valence-electron chi connectivity index (χ3n) is 6.75. The molecule has 1 aliphatic heterocycles. The summed E-state index contributed by atoms with van der Waals surface area (Å²) in [6, 6.07) is 6.26. The number of nitrogens with one attached hydrogen (secondary N) is 1. The van der Waals surface area contributed by atoms with Crippen LogP contribution in [0.25, 0.3) is 0 Å². The minimum absolute atomic E-state index is 0.131. The van der Waals surface area contributed by atoms with Crippen LogP contribution in [0.5, 0.6) is 0 Å². The highest BCUT2D eigenvalue weighted by Crippen LogP contribution is 2.35. The van der Waals surface area contributed by atoms with Crippen molar-refractivity contribution >= 4 is 34.0 Å². The summed E-state index contributed by atoms with van der Waals surface area (Å²) in [5, 5.41) is 3.73. The number of rotatable bonds is 4. The minimum atomic E-state index is -0.414. The van der Waals surface area contributed by atoms with Gasteiger partial charge in [-0.2, -0.15) is 0 Å². The second-order valence-electron chi connectivity index (χ2n) is 8.72. The lowest BCUT2D eigenvalue weighted by Gasteiger charge is -2.38. The van der Waals surface area contributed by atoms with Gasteiger partial charge in [0.05, 0.1) is 11.4 Å². The number of aryl methyl sites for hydroxylation is 1. The van der Waals surface area contributed by atoms with E-state index in [1.54, 1.807) is 29.5 Å². The van der Waals surface area contributed by atoms with Gasteiger partial charge in [-0.3, -0.25) is 9.59 Å². The number of carbonyl (C=O) groups excluding carboxylic acids is 2. The van der Waals surface area contributed by atoms with Gasteiger partial charge >= 0.3 is 0 Å². The van der Waals surface area contributed by atoms with Gasteiger partial charge in [-0.1, -0.05) is 18.6 Å². The average Bonchev–Trinajstić information content (AvgIpc) is 3.17. The molecular formula is C23H27FN4O2S. The highest BCUT2D eigenvalue weighted by molar-refractivity contribution is 7.15. The van der Waals surface area contributed by atoms with Gasteiger partial charge < -0.3 is 15.1 Å². The normalized spacial score (nSPS) is 21.4. The van der Waals surface area contributed by atoms with E-state index in [9.17, 15) is 14.0 Å². The van der Waals surface area contributed by atoms with Crippen molar-refractivity contribution < 1.29 is 14.0 Å². The number of hydrogen-bond acceptors (Lipinski definition) is 5. The maximum absolute atomic E-state index is 13.9. The Bertz CT molecular complexity index is 982. The molecule has 1 atom stereocenters. The molecule has 2 aromatic rings. The molecular weight excluding hydrogens is 415 g/mol. The maximum atomic E-state index is 13.9. The third kappa shape index (κ3) is 4.18. The summed E-state index contributed by atoms with van der Waals surface area (Å²) >= 11 is 1.66. The zero-order valence-corrected chi connectivity index (χ0v) is 18.3. The SMILES string of the molecule is O=C(Nc1ccccc1F)[C@H]1CCc2nc(N3CCN(C(=O)C4CCC4)CC3)sc2C1. The van der Waals surface area contributed by atoms with Crippen LogP contribution in [0, 0.1) is 17.7 Å². The summed E-state index contributed by atoms with van der Waals surface area (Å²) in [5.74, 6) is -0.132.